The topological polar surface area (TPSA) is 92.0 Å². The van der Waals surface area contributed by atoms with E-state index < -0.39 is 5.97 Å². The first-order chi connectivity index (χ1) is 9.08. The SMILES string of the molecule is CCCC(O)=C(C=Nc1ccc(OC)nc1)C(=O)O. The van der Waals surface area contributed by atoms with E-state index >= 15 is 0 Å². The summed E-state index contributed by atoms with van der Waals surface area (Å²) in [6.07, 6.45) is 3.53. The molecule has 1 rings (SSSR count). The Hall–Kier alpha value is -2.37. The van der Waals surface area contributed by atoms with Gasteiger partial charge in [0.25, 0.3) is 0 Å². The van der Waals surface area contributed by atoms with E-state index in [-0.39, 0.29) is 11.3 Å². The Morgan fingerprint density at radius 1 is 1.47 bits per heavy atom. The molecule has 0 bridgehead atoms. The van der Waals surface area contributed by atoms with Crippen LogP contribution in [0.25, 0.3) is 0 Å². The fourth-order valence-electron chi connectivity index (χ4n) is 1.33. The Balaban J connectivity index is 2.92. The molecule has 19 heavy (non-hydrogen) atoms. The van der Waals surface area contributed by atoms with Crippen molar-refractivity contribution >= 4 is 17.9 Å². The van der Waals surface area contributed by atoms with Crippen molar-refractivity contribution in [2.24, 2.45) is 4.99 Å². The number of pyridine rings is 1. The van der Waals surface area contributed by atoms with Crippen molar-refractivity contribution in [3.05, 3.63) is 29.7 Å². The van der Waals surface area contributed by atoms with Gasteiger partial charge in [0.2, 0.25) is 5.88 Å². The summed E-state index contributed by atoms with van der Waals surface area (Å²) >= 11 is 0. The van der Waals surface area contributed by atoms with Crippen LogP contribution in [0.5, 0.6) is 5.88 Å². The van der Waals surface area contributed by atoms with Crippen LogP contribution in [0.3, 0.4) is 0 Å². The molecule has 102 valence electrons. The van der Waals surface area contributed by atoms with Gasteiger partial charge >= 0.3 is 5.97 Å². The van der Waals surface area contributed by atoms with Crippen molar-refractivity contribution in [1.82, 2.24) is 4.98 Å². The summed E-state index contributed by atoms with van der Waals surface area (Å²) in [5, 5.41) is 18.6. The molecule has 0 saturated heterocycles. The van der Waals surface area contributed by atoms with Crippen LogP contribution in [0.4, 0.5) is 5.69 Å². The molecule has 0 aliphatic heterocycles. The number of nitrogens with zero attached hydrogens (tertiary/aromatic N) is 2. The molecule has 0 saturated carbocycles. The second-order valence-corrected chi connectivity index (χ2v) is 3.73. The van der Waals surface area contributed by atoms with E-state index in [0.717, 1.165) is 6.21 Å². The zero-order valence-electron chi connectivity index (χ0n) is 10.8. The lowest BCUT2D eigenvalue weighted by Crippen LogP contribution is -2.06. The van der Waals surface area contributed by atoms with Gasteiger partial charge in [-0.1, -0.05) is 6.92 Å². The predicted molar refractivity (Wildman–Crippen MR) is 71.1 cm³/mol. The fourth-order valence-corrected chi connectivity index (χ4v) is 1.33. The van der Waals surface area contributed by atoms with Gasteiger partial charge in [-0.15, -0.1) is 0 Å². The Labute approximate surface area is 111 Å². The van der Waals surface area contributed by atoms with Gasteiger partial charge < -0.3 is 14.9 Å². The third kappa shape index (κ3) is 4.42. The second-order valence-electron chi connectivity index (χ2n) is 3.73. The highest BCUT2D eigenvalue weighted by atomic mass is 16.5. The largest absolute Gasteiger partial charge is 0.511 e. The Morgan fingerprint density at radius 2 is 2.21 bits per heavy atom. The molecule has 6 nitrogen and oxygen atoms in total. The molecule has 1 aromatic heterocycles. The Bertz CT molecular complexity index is 492. The van der Waals surface area contributed by atoms with Crippen LogP contribution in [0.15, 0.2) is 34.7 Å². The van der Waals surface area contributed by atoms with E-state index in [1.54, 1.807) is 12.1 Å². The summed E-state index contributed by atoms with van der Waals surface area (Å²) in [6, 6.07) is 3.25. The summed E-state index contributed by atoms with van der Waals surface area (Å²) in [5.74, 6) is -0.946. The minimum absolute atomic E-state index is 0.180. The number of aliphatic carboxylic acids is 1. The van der Waals surface area contributed by atoms with Gasteiger partial charge in [-0.3, -0.25) is 4.99 Å². The van der Waals surface area contributed by atoms with Gasteiger partial charge in [-0.2, -0.15) is 0 Å². The molecule has 1 heterocycles. The Morgan fingerprint density at radius 3 is 2.68 bits per heavy atom. The van der Waals surface area contributed by atoms with Crippen LogP contribution in [0.1, 0.15) is 19.8 Å². The number of ether oxygens (including phenoxy) is 1. The van der Waals surface area contributed by atoms with Gasteiger partial charge in [0.15, 0.2) is 0 Å². The monoisotopic (exact) mass is 264 g/mol. The maximum Gasteiger partial charge on any atom is 0.340 e. The molecule has 0 aliphatic carbocycles. The van der Waals surface area contributed by atoms with E-state index in [9.17, 15) is 9.90 Å². The third-order valence-electron chi connectivity index (χ3n) is 2.30. The number of carboxylic acids is 1. The molecule has 0 radical (unpaired) electrons. The van der Waals surface area contributed by atoms with Crippen molar-refractivity contribution in [2.45, 2.75) is 19.8 Å². The fraction of sp³-hybridized carbons (Fsp3) is 0.308. The van der Waals surface area contributed by atoms with Crippen LogP contribution >= 0.6 is 0 Å². The van der Waals surface area contributed by atoms with Gasteiger partial charge in [-0.05, 0) is 12.5 Å². The highest BCUT2D eigenvalue weighted by molar-refractivity contribution is 6.09. The number of hydrogen-bond acceptors (Lipinski definition) is 5. The van der Waals surface area contributed by atoms with Crippen molar-refractivity contribution in [3.8, 4) is 5.88 Å². The van der Waals surface area contributed by atoms with Crippen LogP contribution in [-0.4, -0.2) is 34.5 Å². The van der Waals surface area contributed by atoms with E-state index in [1.165, 1.54) is 13.3 Å². The molecule has 2 N–H and O–H groups in total. The first kappa shape index (κ1) is 14.7. The van der Waals surface area contributed by atoms with Gasteiger partial charge in [0.05, 0.1) is 19.0 Å². The zero-order chi connectivity index (χ0) is 14.3. The number of aliphatic hydroxyl groups excluding tert-OH is 1. The number of aliphatic imine (C=N–C) groups is 1. The number of aromatic nitrogens is 1. The average molecular weight is 264 g/mol. The maximum atomic E-state index is 11.0. The van der Waals surface area contributed by atoms with Crippen LogP contribution < -0.4 is 4.74 Å². The Kier molecular flexibility index (Phi) is 5.53. The highest BCUT2D eigenvalue weighted by Gasteiger charge is 2.10. The van der Waals surface area contributed by atoms with E-state index in [4.69, 9.17) is 9.84 Å². The first-order valence-corrected chi connectivity index (χ1v) is 5.78. The van der Waals surface area contributed by atoms with Crippen molar-refractivity contribution in [3.63, 3.8) is 0 Å². The van der Waals surface area contributed by atoms with Crippen LogP contribution in [0, 0.1) is 0 Å². The van der Waals surface area contributed by atoms with Gasteiger partial charge in [0, 0.05) is 18.7 Å². The van der Waals surface area contributed by atoms with Crippen molar-refractivity contribution < 1.29 is 19.7 Å². The minimum Gasteiger partial charge on any atom is -0.511 e. The molecular weight excluding hydrogens is 248 g/mol. The smallest absolute Gasteiger partial charge is 0.340 e. The quantitative estimate of drug-likeness (QED) is 0.468. The lowest BCUT2D eigenvalue weighted by atomic mass is 10.2. The number of aliphatic hydroxyl groups is 1. The number of carbonyl (C=O) groups is 1. The summed E-state index contributed by atoms with van der Waals surface area (Å²) < 4.78 is 4.90. The molecule has 0 aromatic carbocycles. The zero-order valence-corrected chi connectivity index (χ0v) is 10.8. The molecule has 0 fully saturated rings. The molecule has 0 spiro atoms. The number of rotatable bonds is 6. The molecule has 0 atom stereocenters. The third-order valence-corrected chi connectivity index (χ3v) is 2.30. The van der Waals surface area contributed by atoms with Crippen molar-refractivity contribution in [1.29, 1.82) is 0 Å². The highest BCUT2D eigenvalue weighted by Crippen LogP contribution is 2.15. The van der Waals surface area contributed by atoms with Gasteiger partial charge in [0.1, 0.15) is 11.3 Å². The molecular formula is C13H16N2O4. The molecule has 0 unspecified atom stereocenters. The van der Waals surface area contributed by atoms with Crippen molar-refractivity contribution in [2.75, 3.05) is 7.11 Å². The summed E-state index contributed by atoms with van der Waals surface area (Å²) in [6.45, 7) is 1.85. The maximum absolute atomic E-state index is 11.0. The minimum atomic E-state index is -1.21. The predicted octanol–water partition coefficient (Wildman–Crippen LogP) is 2.49. The lowest BCUT2D eigenvalue weighted by molar-refractivity contribution is -0.132. The van der Waals surface area contributed by atoms with Crippen LogP contribution in [-0.2, 0) is 4.79 Å². The van der Waals surface area contributed by atoms with E-state index in [2.05, 4.69) is 9.98 Å². The summed E-state index contributed by atoms with van der Waals surface area (Å²) in [4.78, 5) is 18.9. The summed E-state index contributed by atoms with van der Waals surface area (Å²) in [5.41, 5.74) is 0.265. The number of allylic oxidation sites excluding steroid dienone is 1. The average Bonchev–Trinajstić information content (AvgIpc) is 2.39. The molecule has 6 heteroatoms. The van der Waals surface area contributed by atoms with Gasteiger partial charge in [-0.25, -0.2) is 9.78 Å². The molecule has 0 amide bonds. The number of methoxy groups -OCH3 is 1. The standard InChI is InChI=1S/C13H16N2O4/c1-3-4-11(16)10(13(17)18)8-14-9-5-6-12(19-2)15-7-9/h5-8,16H,3-4H2,1-2H3,(H,17,18). The number of carboxylic acid groups (broad SMARTS) is 1. The molecule has 0 aliphatic rings. The van der Waals surface area contributed by atoms with Crippen LogP contribution in [0.2, 0.25) is 0 Å². The molecule has 1 aromatic rings. The van der Waals surface area contributed by atoms with E-state index in [0.29, 0.717) is 24.4 Å². The second kappa shape index (κ2) is 7.15. The lowest BCUT2D eigenvalue weighted by Gasteiger charge is -2.01. The first-order valence-electron chi connectivity index (χ1n) is 5.78. The summed E-state index contributed by atoms with van der Waals surface area (Å²) in [7, 11) is 1.50. The number of hydrogen-bond donors (Lipinski definition) is 2. The normalized spacial score (nSPS) is 12.3. The van der Waals surface area contributed by atoms with E-state index in [1.807, 2.05) is 6.92 Å².